The molecule has 0 aromatic carbocycles. The van der Waals surface area contributed by atoms with E-state index in [0.717, 1.165) is 5.71 Å². The van der Waals surface area contributed by atoms with Gasteiger partial charge in [-0.15, -0.1) is 0 Å². The molecule has 15 heavy (non-hydrogen) atoms. The molecular formula is C12H22N2O. The maximum Gasteiger partial charge on any atom is 0.252 e. The molecule has 0 aromatic rings. The summed E-state index contributed by atoms with van der Waals surface area (Å²) < 4.78 is 0. The Morgan fingerprint density at radius 3 is 1.80 bits per heavy atom. The number of carbonyl (C=O) groups is 1. The molecule has 1 aliphatic rings. The van der Waals surface area contributed by atoms with E-state index in [1.54, 1.807) is 5.01 Å². The SMILES string of the molecule is CC1=NN(C(C)(C)C)C(=O)C1C(C)(C)C. The maximum atomic E-state index is 12.2. The molecule has 0 N–H and O–H groups in total. The molecule has 3 nitrogen and oxygen atoms in total. The molecule has 1 aliphatic heterocycles. The number of nitrogens with zero attached hydrogens (tertiary/aromatic N) is 2. The average Bonchev–Trinajstić information content (AvgIpc) is 2.22. The van der Waals surface area contributed by atoms with E-state index >= 15 is 0 Å². The first-order valence-corrected chi connectivity index (χ1v) is 5.44. The van der Waals surface area contributed by atoms with Crippen molar-refractivity contribution in [2.24, 2.45) is 16.4 Å². The van der Waals surface area contributed by atoms with Crippen LogP contribution in [0.4, 0.5) is 0 Å². The van der Waals surface area contributed by atoms with Crippen molar-refractivity contribution in [1.29, 1.82) is 0 Å². The molecule has 1 unspecified atom stereocenters. The zero-order valence-electron chi connectivity index (χ0n) is 10.9. The molecule has 0 spiro atoms. The molecule has 86 valence electrons. The van der Waals surface area contributed by atoms with Crippen molar-refractivity contribution in [2.75, 3.05) is 0 Å². The van der Waals surface area contributed by atoms with E-state index < -0.39 is 0 Å². The van der Waals surface area contributed by atoms with E-state index in [9.17, 15) is 4.79 Å². The Kier molecular flexibility index (Phi) is 2.71. The van der Waals surface area contributed by atoms with Crippen molar-refractivity contribution < 1.29 is 4.79 Å². The van der Waals surface area contributed by atoms with Gasteiger partial charge in [-0.05, 0) is 33.1 Å². The van der Waals surface area contributed by atoms with Gasteiger partial charge in [0.25, 0.3) is 5.91 Å². The number of carbonyl (C=O) groups excluding carboxylic acids is 1. The molecule has 0 aromatic heterocycles. The van der Waals surface area contributed by atoms with Gasteiger partial charge in [-0.25, -0.2) is 5.01 Å². The molecule has 0 saturated heterocycles. The molecule has 0 fully saturated rings. The number of amides is 1. The standard InChI is InChI=1S/C12H22N2O/c1-8-9(11(2,3)4)10(15)14(13-8)12(5,6)7/h9H,1-7H3. The Bertz CT molecular complexity index is 305. The van der Waals surface area contributed by atoms with Gasteiger partial charge in [0, 0.05) is 5.71 Å². The summed E-state index contributed by atoms with van der Waals surface area (Å²) in [5.74, 6) is 0.0595. The third-order valence-electron chi connectivity index (χ3n) is 2.63. The zero-order valence-corrected chi connectivity index (χ0v) is 10.9. The monoisotopic (exact) mass is 210 g/mol. The van der Waals surface area contributed by atoms with Gasteiger partial charge >= 0.3 is 0 Å². The van der Waals surface area contributed by atoms with Crippen LogP contribution in [-0.4, -0.2) is 22.2 Å². The van der Waals surface area contributed by atoms with Gasteiger partial charge in [-0.1, -0.05) is 20.8 Å². The Morgan fingerprint density at radius 1 is 1.13 bits per heavy atom. The van der Waals surface area contributed by atoms with Crippen LogP contribution in [0.5, 0.6) is 0 Å². The topological polar surface area (TPSA) is 32.7 Å². The Labute approximate surface area is 92.5 Å². The van der Waals surface area contributed by atoms with E-state index in [2.05, 4.69) is 25.9 Å². The molecule has 0 bridgehead atoms. The largest absolute Gasteiger partial charge is 0.272 e. The van der Waals surface area contributed by atoms with E-state index in [4.69, 9.17) is 0 Å². The fourth-order valence-corrected chi connectivity index (χ4v) is 2.04. The maximum absolute atomic E-state index is 12.2. The first kappa shape index (κ1) is 12.2. The highest BCUT2D eigenvalue weighted by molar-refractivity contribution is 6.07. The van der Waals surface area contributed by atoms with Crippen molar-refractivity contribution in [3.63, 3.8) is 0 Å². The molecule has 0 radical (unpaired) electrons. The normalized spacial score (nSPS) is 23.4. The average molecular weight is 210 g/mol. The van der Waals surface area contributed by atoms with Crippen LogP contribution in [0.25, 0.3) is 0 Å². The summed E-state index contributed by atoms with van der Waals surface area (Å²) in [5.41, 5.74) is 0.658. The fourth-order valence-electron chi connectivity index (χ4n) is 2.04. The summed E-state index contributed by atoms with van der Waals surface area (Å²) in [6.45, 7) is 14.2. The van der Waals surface area contributed by atoms with Crippen LogP contribution >= 0.6 is 0 Å². The highest BCUT2D eigenvalue weighted by Crippen LogP contribution is 2.35. The number of hydrogen-bond donors (Lipinski definition) is 0. The molecule has 1 rings (SSSR count). The van der Waals surface area contributed by atoms with Crippen LogP contribution in [0.2, 0.25) is 0 Å². The fraction of sp³-hybridized carbons (Fsp3) is 0.833. The predicted octanol–water partition coefficient (Wildman–Crippen LogP) is 2.67. The lowest BCUT2D eigenvalue weighted by Crippen LogP contribution is -2.43. The lowest BCUT2D eigenvalue weighted by atomic mass is 9.78. The second kappa shape index (κ2) is 3.32. The van der Waals surface area contributed by atoms with Crippen LogP contribution in [0.3, 0.4) is 0 Å². The van der Waals surface area contributed by atoms with E-state index in [0.29, 0.717) is 0 Å². The smallest absolute Gasteiger partial charge is 0.252 e. The summed E-state index contributed by atoms with van der Waals surface area (Å²) in [5, 5.41) is 6.01. The molecule has 0 aliphatic carbocycles. The third-order valence-corrected chi connectivity index (χ3v) is 2.63. The minimum Gasteiger partial charge on any atom is -0.272 e. The third kappa shape index (κ3) is 2.21. The lowest BCUT2D eigenvalue weighted by molar-refractivity contribution is -0.138. The number of hydrogen-bond acceptors (Lipinski definition) is 2. The van der Waals surface area contributed by atoms with E-state index in [1.165, 1.54) is 0 Å². The van der Waals surface area contributed by atoms with Crippen molar-refractivity contribution in [2.45, 2.75) is 54.0 Å². The summed E-state index contributed by atoms with van der Waals surface area (Å²) >= 11 is 0. The first-order chi connectivity index (χ1) is 6.55. The van der Waals surface area contributed by atoms with Gasteiger partial charge in [0.2, 0.25) is 0 Å². The highest BCUT2D eigenvalue weighted by Gasteiger charge is 2.44. The van der Waals surface area contributed by atoms with Gasteiger partial charge in [-0.3, -0.25) is 4.79 Å². The predicted molar refractivity (Wildman–Crippen MR) is 62.7 cm³/mol. The van der Waals surface area contributed by atoms with Crippen molar-refractivity contribution in [1.82, 2.24) is 5.01 Å². The number of rotatable bonds is 0. The van der Waals surface area contributed by atoms with E-state index in [1.807, 2.05) is 27.7 Å². The first-order valence-electron chi connectivity index (χ1n) is 5.44. The van der Waals surface area contributed by atoms with Crippen molar-refractivity contribution >= 4 is 11.6 Å². The van der Waals surface area contributed by atoms with Crippen molar-refractivity contribution in [3.05, 3.63) is 0 Å². The molecular weight excluding hydrogens is 188 g/mol. The molecule has 1 amide bonds. The summed E-state index contributed by atoms with van der Waals surface area (Å²) in [4.78, 5) is 12.2. The Hall–Kier alpha value is -0.860. The molecule has 0 saturated carbocycles. The molecule has 1 heterocycles. The van der Waals surface area contributed by atoms with Gasteiger partial charge in [0.05, 0.1) is 11.5 Å². The zero-order chi connectivity index (χ0) is 12.0. The minimum absolute atomic E-state index is 0.0509. The van der Waals surface area contributed by atoms with Crippen LogP contribution < -0.4 is 0 Å². The van der Waals surface area contributed by atoms with Crippen LogP contribution in [0.15, 0.2) is 5.10 Å². The minimum atomic E-state index is -0.224. The molecule has 3 heteroatoms. The quantitative estimate of drug-likeness (QED) is 0.605. The number of hydrazone groups is 1. The Balaban J connectivity index is 3.04. The van der Waals surface area contributed by atoms with E-state index in [-0.39, 0.29) is 22.8 Å². The summed E-state index contributed by atoms with van der Waals surface area (Å²) in [6, 6.07) is 0. The van der Waals surface area contributed by atoms with Crippen molar-refractivity contribution in [3.8, 4) is 0 Å². The molecule has 1 atom stereocenters. The van der Waals surface area contributed by atoms with Crippen LogP contribution in [0.1, 0.15) is 48.5 Å². The highest BCUT2D eigenvalue weighted by atomic mass is 16.2. The lowest BCUT2D eigenvalue weighted by Gasteiger charge is -2.31. The second-order valence-corrected chi connectivity index (χ2v) is 6.36. The van der Waals surface area contributed by atoms with Crippen LogP contribution in [0, 0.1) is 11.3 Å². The van der Waals surface area contributed by atoms with Gasteiger partial charge in [0.15, 0.2) is 0 Å². The summed E-state index contributed by atoms with van der Waals surface area (Å²) in [6.07, 6.45) is 0. The van der Waals surface area contributed by atoms with Gasteiger partial charge in [-0.2, -0.15) is 5.10 Å². The van der Waals surface area contributed by atoms with Gasteiger partial charge in [0.1, 0.15) is 0 Å². The summed E-state index contributed by atoms with van der Waals surface area (Å²) in [7, 11) is 0. The Morgan fingerprint density at radius 2 is 1.60 bits per heavy atom. The second-order valence-electron chi connectivity index (χ2n) is 6.36. The van der Waals surface area contributed by atoms with Gasteiger partial charge < -0.3 is 0 Å². The van der Waals surface area contributed by atoms with Crippen LogP contribution in [-0.2, 0) is 4.79 Å².